The Morgan fingerprint density at radius 2 is 1.89 bits per heavy atom. The number of nitrogens with one attached hydrogen (secondary N) is 1. The lowest BCUT2D eigenvalue weighted by Gasteiger charge is -2.38. The number of rotatable bonds is 8. The third kappa shape index (κ3) is 6.67. The summed E-state index contributed by atoms with van der Waals surface area (Å²) in [5.41, 5.74) is 0.158. The monoisotopic (exact) mass is 516 g/mol. The molecule has 0 spiro atoms. The molecule has 0 amide bonds. The lowest BCUT2D eigenvalue weighted by Crippen LogP contribution is -2.41. The molecule has 1 atom stereocenters. The van der Waals surface area contributed by atoms with Gasteiger partial charge in [0, 0.05) is 6.54 Å². The second-order valence-corrected chi connectivity index (χ2v) is 9.89. The van der Waals surface area contributed by atoms with E-state index in [-0.39, 0.29) is 17.7 Å². The number of allylic oxidation sites excluding steroid dienone is 4. The van der Waals surface area contributed by atoms with Gasteiger partial charge in [0.2, 0.25) is 10.0 Å². The molecular formula is C27H24F4N2O2S. The van der Waals surface area contributed by atoms with Crippen molar-refractivity contribution >= 4 is 21.8 Å². The molecule has 0 saturated heterocycles. The summed E-state index contributed by atoms with van der Waals surface area (Å²) in [5.74, 6) is 1.22. The summed E-state index contributed by atoms with van der Waals surface area (Å²) in [5, 5.41) is 0. The second kappa shape index (κ2) is 10.9. The third-order valence-electron chi connectivity index (χ3n) is 5.37. The SMILES string of the molecule is C#Cc1cc(CN2C(C(F)(F)F)=CC=C(CC=C)C2C=Cc2ccccc2)cc(F)c1NS(C)(=O)=O. The number of benzene rings is 2. The summed E-state index contributed by atoms with van der Waals surface area (Å²) in [4.78, 5) is 1.12. The van der Waals surface area contributed by atoms with Gasteiger partial charge in [-0.2, -0.15) is 13.2 Å². The molecule has 36 heavy (non-hydrogen) atoms. The number of terminal acetylenes is 1. The molecule has 2 aromatic carbocycles. The topological polar surface area (TPSA) is 49.4 Å². The number of alkyl halides is 3. The van der Waals surface area contributed by atoms with Crippen LogP contribution in [0.5, 0.6) is 0 Å². The predicted molar refractivity (Wildman–Crippen MR) is 135 cm³/mol. The zero-order valence-corrected chi connectivity index (χ0v) is 20.2. The van der Waals surface area contributed by atoms with Crippen LogP contribution >= 0.6 is 0 Å². The minimum atomic E-state index is -4.68. The maximum Gasteiger partial charge on any atom is 0.431 e. The standard InChI is InChI=1S/C27H24F4N2O2S/c1-4-9-22-13-15-25(27(29,30)31)33(24(22)14-12-19-10-7-6-8-11-19)18-20-16-21(5-2)26(23(28)17-20)32-36(3,34)35/h2,4,6-8,10-17,24,32H,1,9,18H2,3H3. The molecule has 1 aliphatic rings. The van der Waals surface area contributed by atoms with Gasteiger partial charge in [-0.15, -0.1) is 13.0 Å². The van der Waals surface area contributed by atoms with Crippen molar-refractivity contribution in [1.82, 2.24) is 4.90 Å². The molecule has 0 aromatic heterocycles. The molecule has 1 heterocycles. The van der Waals surface area contributed by atoms with Crippen LogP contribution in [0.1, 0.15) is 23.1 Å². The lowest BCUT2D eigenvalue weighted by atomic mass is 9.94. The maximum absolute atomic E-state index is 14.9. The Balaban J connectivity index is 2.08. The first-order chi connectivity index (χ1) is 16.9. The van der Waals surface area contributed by atoms with Crippen LogP contribution in [0, 0.1) is 18.2 Å². The van der Waals surface area contributed by atoms with E-state index in [1.54, 1.807) is 18.2 Å². The van der Waals surface area contributed by atoms with Crippen molar-refractivity contribution in [2.75, 3.05) is 11.0 Å². The van der Waals surface area contributed by atoms with Crippen LogP contribution in [0.3, 0.4) is 0 Å². The fraction of sp³-hybridized carbons (Fsp3) is 0.185. The zero-order valence-electron chi connectivity index (χ0n) is 19.4. The van der Waals surface area contributed by atoms with Crippen LogP contribution < -0.4 is 4.72 Å². The normalized spacial score (nSPS) is 16.3. The summed E-state index contributed by atoms with van der Waals surface area (Å²) >= 11 is 0. The molecule has 2 aromatic rings. The molecule has 0 fully saturated rings. The van der Waals surface area contributed by atoms with E-state index in [1.165, 1.54) is 12.1 Å². The van der Waals surface area contributed by atoms with Gasteiger partial charge in [-0.25, -0.2) is 12.8 Å². The molecular weight excluding hydrogens is 492 g/mol. The van der Waals surface area contributed by atoms with Crippen LogP contribution in [0.4, 0.5) is 23.2 Å². The van der Waals surface area contributed by atoms with E-state index >= 15 is 0 Å². The molecule has 3 rings (SSSR count). The van der Waals surface area contributed by atoms with Crippen LogP contribution in [0.2, 0.25) is 0 Å². The molecule has 0 bridgehead atoms. The molecule has 0 aliphatic carbocycles. The highest BCUT2D eigenvalue weighted by atomic mass is 32.2. The minimum absolute atomic E-state index is 0.122. The molecule has 0 saturated carbocycles. The Hall–Kier alpha value is -3.77. The highest BCUT2D eigenvalue weighted by Crippen LogP contribution is 2.37. The van der Waals surface area contributed by atoms with Gasteiger partial charge in [0.1, 0.15) is 11.5 Å². The zero-order chi connectivity index (χ0) is 26.5. The first-order valence-electron chi connectivity index (χ1n) is 10.8. The fourth-order valence-electron chi connectivity index (χ4n) is 3.87. The lowest BCUT2D eigenvalue weighted by molar-refractivity contribution is -0.114. The van der Waals surface area contributed by atoms with Gasteiger partial charge in [0.05, 0.1) is 23.5 Å². The average molecular weight is 517 g/mol. The van der Waals surface area contributed by atoms with E-state index in [1.807, 2.05) is 35.1 Å². The van der Waals surface area contributed by atoms with Gasteiger partial charge in [0.25, 0.3) is 0 Å². The van der Waals surface area contributed by atoms with E-state index < -0.39 is 39.4 Å². The largest absolute Gasteiger partial charge is 0.431 e. The molecule has 1 N–H and O–H groups in total. The summed E-state index contributed by atoms with van der Waals surface area (Å²) in [6.45, 7) is 3.36. The first kappa shape index (κ1) is 26.8. The predicted octanol–water partition coefficient (Wildman–Crippen LogP) is 6.02. The van der Waals surface area contributed by atoms with Gasteiger partial charge in [-0.05, 0) is 41.3 Å². The summed E-state index contributed by atoms with van der Waals surface area (Å²) in [7, 11) is -3.84. The third-order valence-corrected chi connectivity index (χ3v) is 5.94. The summed E-state index contributed by atoms with van der Waals surface area (Å²) < 4.78 is 82.2. The van der Waals surface area contributed by atoms with E-state index in [0.717, 1.165) is 28.9 Å². The van der Waals surface area contributed by atoms with Gasteiger partial charge in [-0.1, -0.05) is 60.6 Å². The van der Waals surface area contributed by atoms with Crippen LogP contribution in [0.25, 0.3) is 6.08 Å². The van der Waals surface area contributed by atoms with E-state index in [2.05, 4.69) is 12.5 Å². The average Bonchev–Trinajstić information content (AvgIpc) is 2.79. The van der Waals surface area contributed by atoms with Crippen molar-refractivity contribution in [3.8, 4) is 12.3 Å². The molecule has 0 radical (unpaired) electrons. The maximum atomic E-state index is 14.9. The van der Waals surface area contributed by atoms with Crippen molar-refractivity contribution in [2.24, 2.45) is 0 Å². The van der Waals surface area contributed by atoms with Gasteiger partial charge in [0.15, 0.2) is 0 Å². The van der Waals surface area contributed by atoms with E-state index in [9.17, 15) is 26.0 Å². The quantitative estimate of drug-likeness (QED) is 0.265. The van der Waals surface area contributed by atoms with Crippen molar-refractivity contribution in [2.45, 2.75) is 25.2 Å². The van der Waals surface area contributed by atoms with Crippen molar-refractivity contribution < 1.29 is 26.0 Å². The van der Waals surface area contributed by atoms with Gasteiger partial charge < -0.3 is 4.90 Å². The highest BCUT2D eigenvalue weighted by Gasteiger charge is 2.41. The molecule has 4 nitrogen and oxygen atoms in total. The van der Waals surface area contributed by atoms with Gasteiger partial charge in [-0.3, -0.25) is 4.72 Å². The van der Waals surface area contributed by atoms with Gasteiger partial charge >= 0.3 is 6.18 Å². The number of anilines is 1. The van der Waals surface area contributed by atoms with E-state index in [0.29, 0.717) is 12.0 Å². The smallest absolute Gasteiger partial charge is 0.353 e. The number of halogens is 4. The number of sulfonamides is 1. The molecule has 188 valence electrons. The van der Waals surface area contributed by atoms with Crippen molar-refractivity contribution in [1.29, 1.82) is 0 Å². The Morgan fingerprint density at radius 3 is 2.47 bits per heavy atom. The molecule has 9 heteroatoms. The minimum Gasteiger partial charge on any atom is -0.353 e. The van der Waals surface area contributed by atoms with Crippen LogP contribution in [-0.4, -0.2) is 31.8 Å². The van der Waals surface area contributed by atoms with Crippen molar-refractivity contribution in [3.05, 3.63) is 107 Å². The summed E-state index contributed by atoms with van der Waals surface area (Å²) in [6.07, 6.45) is 9.34. The Morgan fingerprint density at radius 1 is 1.19 bits per heavy atom. The highest BCUT2D eigenvalue weighted by molar-refractivity contribution is 7.92. The van der Waals surface area contributed by atoms with Crippen LogP contribution in [-0.2, 0) is 16.6 Å². The second-order valence-electron chi connectivity index (χ2n) is 8.15. The Labute approximate surface area is 208 Å². The van der Waals surface area contributed by atoms with Crippen LogP contribution in [0.15, 0.2) is 84.6 Å². The fourth-order valence-corrected chi connectivity index (χ4v) is 4.45. The molecule has 1 unspecified atom stereocenters. The summed E-state index contributed by atoms with van der Waals surface area (Å²) in [6, 6.07) is 10.6. The Bertz CT molecular complexity index is 1370. The van der Waals surface area contributed by atoms with E-state index in [4.69, 9.17) is 6.42 Å². The molecule has 1 aliphatic heterocycles. The number of hydrogen-bond donors (Lipinski definition) is 1. The number of nitrogens with zero attached hydrogens (tertiary/aromatic N) is 1. The van der Waals surface area contributed by atoms with Crippen molar-refractivity contribution in [3.63, 3.8) is 0 Å². The first-order valence-corrected chi connectivity index (χ1v) is 12.7. The Kier molecular flexibility index (Phi) is 8.10. The number of hydrogen-bond acceptors (Lipinski definition) is 3.